The van der Waals surface area contributed by atoms with Gasteiger partial charge in [-0.15, -0.1) is 11.6 Å². The second-order valence-electron chi connectivity index (χ2n) is 2.96. The summed E-state index contributed by atoms with van der Waals surface area (Å²) in [6.07, 6.45) is -3.40. The van der Waals surface area contributed by atoms with Gasteiger partial charge in [-0.1, -0.05) is 0 Å². The Labute approximate surface area is 89.7 Å². The molecule has 0 amide bonds. The maximum Gasteiger partial charge on any atom is 0.433 e. The third-order valence-electron chi connectivity index (χ3n) is 1.55. The van der Waals surface area contributed by atoms with Crippen LogP contribution in [0.5, 0.6) is 0 Å². The zero-order valence-corrected chi connectivity index (χ0v) is 8.60. The molecular weight excluding hydrogens is 231 g/mol. The van der Waals surface area contributed by atoms with Crippen molar-refractivity contribution in [3.63, 3.8) is 0 Å². The van der Waals surface area contributed by atoms with Gasteiger partial charge >= 0.3 is 6.18 Å². The third-order valence-corrected chi connectivity index (χ3v) is 2.02. The molecule has 1 unspecified atom stereocenters. The normalized spacial score (nSPS) is 13.7. The quantitative estimate of drug-likeness (QED) is 0.824. The topological polar surface area (TPSA) is 37.8 Å². The van der Waals surface area contributed by atoms with Crippen LogP contribution < -0.4 is 5.32 Å². The fourth-order valence-corrected chi connectivity index (χ4v) is 0.922. The van der Waals surface area contributed by atoms with Crippen LogP contribution in [0.25, 0.3) is 0 Å². The predicted molar refractivity (Wildman–Crippen MR) is 50.8 cm³/mol. The number of rotatable bonds is 3. The van der Waals surface area contributed by atoms with Gasteiger partial charge in [0, 0.05) is 18.1 Å². The Morgan fingerprint density at radius 2 is 2.20 bits per heavy atom. The van der Waals surface area contributed by atoms with E-state index in [0.29, 0.717) is 0 Å². The number of alkyl halides is 4. The third kappa shape index (κ3) is 3.54. The Bertz CT molecular complexity index is 329. The molecule has 0 fully saturated rings. The summed E-state index contributed by atoms with van der Waals surface area (Å²) in [4.78, 5) is 6.99. The summed E-state index contributed by atoms with van der Waals surface area (Å²) >= 11 is 5.49. The molecule has 0 aliphatic carbocycles. The highest BCUT2D eigenvalue weighted by Gasteiger charge is 2.32. The number of hydrogen-bond donors (Lipinski definition) is 1. The molecule has 1 aromatic heterocycles. The lowest BCUT2D eigenvalue weighted by atomic mass is 10.4. The summed E-state index contributed by atoms with van der Waals surface area (Å²) in [5.74, 6) is 0.192. The molecule has 1 N–H and O–H groups in total. The first-order valence-electron chi connectivity index (χ1n) is 4.16. The van der Waals surface area contributed by atoms with Crippen LogP contribution in [0.2, 0.25) is 0 Å². The second-order valence-corrected chi connectivity index (χ2v) is 3.27. The number of nitrogens with zero attached hydrogens (tertiary/aromatic N) is 2. The first kappa shape index (κ1) is 12.0. The van der Waals surface area contributed by atoms with Gasteiger partial charge in [0.1, 0.15) is 5.69 Å². The number of halogens is 4. The van der Waals surface area contributed by atoms with Crippen molar-refractivity contribution in [3.8, 4) is 0 Å². The zero-order chi connectivity index (χ0) is 11.5. The molecular formula is C8H9ClF3N3. The van der Waals surface area contributed by atoms with Gasteiger partial charge in [-0.2, -0.15) is 13.2 Å². The smallest absolute Gasteiger partial charge is 0.351 e. The van der Waals surface area contributed by atoms with Crippen LogP contribution in [0.4, 0.5) is 19.1 Å². The van der Waals surface area contributed by atoms with Gasteiger partial charge < -0.3 is 5.32 Å². The van der Waals surface area contributed by atoms with Gasteiger partial charge in [0.25, 0.3) is 0 Å². The van der Waals surface area contributed by atoms with E-state index in [-0.39, 0.29) is 17.9 Å². The summed E-state index contributed by atoms with van der Waals surface area (Å²) in [6, 6.07) is 0.631. The summed E-state index contributed by atoms with van der Waals surface area (Å²) in [6.45, 7) is 1.72. The number of nitrogens with one attached hydrogen (secondary N) is 1. The average Bonchev–Trinajstić information content (AvgIpc) is 2.17. The van der Waals surface area contributed by atoms with Gasteiger partial charge in [0.05, 0.1) is 0 Å². The molecule has 0 aliphatic rings. The minimum absolute atomic E-state index is 0.0713. The van der Waals surface area contributed by atoms with E-state index >= 15 is 0 Å². The van der Waals surface area contributed by atoms with E-state index in [9.17, 15) is 13.2 Å². The highest BCUT2D eigenvalue weighted by molar-refractivity contribution is 6.18. The van der Waals surface area contributed by atoms with Crippen LogP contribution in [-0.4, -0.2) is 21.9 Å². The first-order chi connectivity index (χ1) is 6.93. The van der Waals surface area contributed by atoms with Crippen molar-refractivity contribution in [2.45, 2.75) is 19.1 Å². The SMILES string of the molecule is CC(CCl)Nc1nccc(C(F)(F)F)n1. The molecule has 0 spiro atoms. The van der Waals surface area contributed by atoms with Crippen molar-refractivity contribution in [3.05, 3.63) is 18.0 Å². The van der Waals surface area contributed by atoms with Crippen LogP contribution in [0, 0.1) is 0 Å². The average molecular weight is 240 g/mol. The number of anilines is 1. The molecule has 0 saturated heterocycles. The Morgan fingerprint density at radius 1 is 1.53 bits per heavy atom. The lowest BCUT2D eigenvalue weighted by Gasteiger charge is -2.11. The molecule has 0 saturated carbocycles. The Morgan fingerprint density at radius 3 is 2.73 bits per heavy atom. The van der Waals surface area contributed by atoms with E-state index in [4.69, 9.17) is 11.6 Å². The molecule has 1 aromatic rings. The van der Waals surface area contributed by atoms with Gasteiger partial charge in [-0.25, -0.2) is 9.97 Å². The Hall–Kier alpha value is -1.04. The predicted octanol–water partition coefficient (Wildman–Crippen LogP) is 2.53. The minimum Gasteiger partial charge on any atom is -0.351 e. The van der Waals surface area contributed by atoms with Crippen molar-refractivity contribution < 1.29 is 13.2 Å². The van der Waals surface area contributed by atoms with Crippen molar-refractivity contribution in [1.29, 1.82) is 0 Å². The van der Waals surface area contributed by atoms with E-state index in [1.165, 1.54) is 0 Å². The van der Waals surface area contributed by atoms with E-state index in [0.717, 1.165) is 12.3 Å². The number of aromatic nitrogens is 2. The van der Waals surface area contributed by atoms with Gasteiger partial charge in [-0.05, 0) is 13.0 Å². The molecule has 3 nitrogen and oxygen atoms in total. The highest BCUT2D eigenvalue weighted by Crippen LogP contribution is 2.27. The summed E-state index contributed by atoms with van der Waals surface area (Å²) in [5, 5.41) is 2.65. The van der Waals surface area contributed by atoms with Crippen molar-refractivity contribution in [2.24, 2.45) is 0 Å². The molecule has 15 heavy (non-hydrogen) atoms. The molecule has 84 valence electrons. The molecule has 0 bridgehead atoms. The van der Waals surface area contributed by atoms with Crippen LogP contribution >= 0.6 is 11.6 Å². The Balaban J connectivity index is 2.84. The van der Waals surface area contributed by atoms with E-state index < -0.39 is 11.9 Å². The number of hydrogen-bond acceptors (Lipinski definition) is 3. The minimum atomic E-state index is -4.45. The second kappa shape index (κ2) is 4.65. The van der Waals surface area contributed by atoms with Gasteiger partial charge in [-0.3, -0.25) is 0 Å². The van der Waals surface area contributed by atoms with Crippen LogP contribution in [0.1, 0.15) is 12.6 Å². The van der Waals surface area contributed by atoms with Gasteiger partial charge in [0.2, 0.25) is 5.95 Å². The monoisotopic (exact) mass is 239 g/mol. The van der Waals surface area contributed by atoms with Gasteiger partial charge in [0.15, 0.2) is 0 Å². The van der Waals surface area contributed by atoms with Crippen LogP contribution in [-0.2, 0) is 6.18 Å². The largest absolute Gasteiger partial charge is 0.433 e. The highest BCUT2D eigenvalue weighted by atomic mass is 35.5. The first-order valence-corrected chi connectivity index (χ1v) is 4.69. The van der Waals surface area contributed by atoms with Crippen LogP contribution in [0.15, 0.2) is 12.3 Å². The van der Waals surface area contributed by atoms with Crippen LogP contribution in [0.3, 0.4) is 0 Å². The fourth-order valence-electron chi connectivity index (χ4n) is 0.845. The van der Waals surface area contributed by atoms with Crippen molar-refractivity contribution >= 4 is 17.5 Å². The molecule has 0 radical (unpaired) electrons. The lowest BCUT2D eigenvalue weighted by Crippen LogP contribution is -2.19. The lowest BCUT2D eigenvalue weighted by molar-refractivity contribution is -0.141. The molecule has 1 atom stereocenters. The molecule has 1 heterocycles. The summed E-state index contributed by atoms with van der Waals surface area (Å²) in [7, 11) is 0. The maximum absolute atomic E-state index is 12.2. The van der Waals surface area contributed by atoms with E-state index in [1.54, 1.807) is 6.92 Å². The molecule has 0 aliphatic heterocycles. The van der Waals surface area contributed by atoms with Crippen molar-refractivity contribution in [1.82, 2.24) is 9.97 Å². The summed E-state index contributed by atoms with van der Waals surface area (Å²) < 4.78 is 36.7. The maximum atomic E-state index is 12.2. The fraction of sp³-hybridized carbons (Fsp3) is 0.500. The zero-order valence-electron chi connectivity index (χ0n) is 7.85. The van der Waals surface area contributed by atoms with Crippen molar-refractivity contribution in [2.75, 3.05) is 11.2 Å². The van der Waals surface area contributed by atoms with E-state index in [2.05, 4.69) is 15.3 Å². The summed E-state index contributed by atoms with van der Waals surface area (Å²) in [5.41, 5.74) is -0.971. The molecule has 0 aromatic carbocycles. The molecule has 7 heteroatoms. The van der Waals surface area contributed by atoms with E-state index in [1.807, 2.05) is 0 Å². The Kier molecular flexibility index (Phi) is 3.73. The standard InChI is InChI=1S/C8H9ClF3N3/c1-5(4-9)14-7-13-3-2-6(15-7)8(10,11)12/h2-3,5H,4H2,1H3,(H,13,14,15). The molecule has 1 rings (SSSR count).